The van der Waals surface area contributed by atoms with Gasteiger partial charge in [-0.1, -0.05) is 41.1 Å². The van der Waals surface area contributed by atoms with E-state index in [0.29, 0.717) is 13.1 Å². The zero-order valence-electron chi connectivity index (χ0n) is 11.2. The third-order valence-electron chi connectivity index (χ3n) is 3.60. The maximum absolute atomic E-state index is 12.1. The van der Waals surface area contributed by atoms with E-state index < -0.39 is 12.0 Å². The lowest BCUT2D eigenvalue weighted by Gasteiger charge is -2.23. The van der Waals surface area contributed by atoms with Crippen molar-refractivity contribution in [3.8, 4) is 0 Å². The maximum Gasteiger partial charge on any atom is 0.326 e. The number of carboxylic acids is 1. The summed E-state index contributed by atoms with van der Waals surface area (Å²) in [6.45, 7) is 2.72. The van der Waals surface area contributed by atoms with Gasteiger partial charge in [-0.2, -0.15) is 0 Å². The lowest BCUT2D eigenvalue weighted by Crippen LogP contribution is -2.47. The summed E-state index contributed by atoms with van der Waals surface area (Å²) in [4.78, 5) is 24.8. The number of likely N-dealkylation sites (tertiary alicyclic amines) is 1. The molecule has 6 heteroatoms. The summed E-state index contributed by atoms with van der Waals surface area (Å²) in [6.07, 6.45) is 0.722. The molecule has 108 valence electrons. The summed E-state index contributed by atoms with van der Waals surface area (Å²) in [7, 11) is 0. The minimum atomic E-state index is -0.939. The van der Waals surface area contributed by atoms with Crippen LogP contribution in [0.3, 0.4) is 0 Å². The SMILES string of the molecule is CC1CCN(C(=O)NCc2ccccc2Br)C1C(=O)O. The molecular formula is C14H17BrN2O3. The van der Waals surface area contributed by atoms with E-state index in [1.807, 2.05) is 31.2 Å². The average molecular weight is 341 g/mol. The molecule has 2 atom stereocenters. The third kappa shape index (κ3) is 3.12. The van der Waals surface area contributed by atoms with Crippen molar-refractivity contribution in [3.63, 3.8) is 0 Å². The van der Waals surface area contributed by atoms with Crippen LogP contribution in [0, 0.1) is 5.92 Å². The Morgan fingerprint density at radius 1 is 1.45 bits per heavy atom. The lowest BCUT2D eigenvalue weighted by molar-refractivity contribution is -0.142. The van der Waals surface area contributed by atoms with E-state index in [4.69, 9.17) is 0 Å². The summed E-state index contributed by atoms with van der Waals surface area (Å²) in [5.74, 6) is -0.951. The van der Waals surface area contributed by atoms with Crippen LogP contribution in [0.5, 0.6) is 0 Å². The van der Waals surface area contributed by atoms with Gasteiger partial charge >= 0.3 is 12.0 Å². The van der Waals surface area contributed by atoms with Crippen molar-refractivity contribution in [3.05, 3.63) is 34.3 Å². The van der Waals surface area contributed by atoms with Crippen molar-refractivity contribution in [2.24, 2.45) is 5.92 Å². The summed E-state index contributed by atoms with van der Waals surface area (Å²) in [5, 5.41) is 12.0. The number of aliphatic carboxylic acids is 1. The molecule has 1 fully saturated rings. The molecule has 2 rings (SSSR count). The van der Waals surface area contributed by atoms with Crippen molar-refractivity contribution in [1.82, 2.24) is 10.2 Å². The summed E-state index contributed by atoms with van der Waals surface area (Å²) in [5.41, 5.74) is 0.958. The predicted molar refractivity (Wildman–Crippen MR) is 78.3 cm³/mol. The van der Waals surface area contributed by atoms with Crippen LogP contribution in [-0.2, 0) is 11.3 Å². The number of nitrogens with zero attached hydrogens (tertiary/aromatic N) is 1. The van der Waals surface area contributed by atoms with Crippen molar-refractivity contribution in [1.29, 1.82) is 0 Å². The van der Waals surface area contributed by atoms with Crippen LogP contribution >= 0.6 is 15.9 Å². The van der Waals surface area contributed by atoms with Gasteiger partial charge in [-0.3, -0.25) is 0 Å². The van der Waals surface area contributed by atoms with Gasteiger partial charge in [0.15, 0.2) is 0 Å². The first-order valence-corrected chi connectivity index (χ1v) is 7.30. The Morgan fingerprint density at radius 2 is 2.15 bits per heavy atom. The highest BCUT2D eigenvalue weighted by molar-refractivity contribution is 9.10. The van der Waals surface area contributed by atoms with Gasteiger partial charge in [0.05, 0.1) is 0 Å². The van der Waals surface area contributed by atoms with Gasteiger partial charge in [-0.05, 0) is 24.0 Å². The Balaban J connectivity index is 1.99. The molecule has 1 aromatic rings. The fourth-order valence-electron chi connectivity index (χ4n) is 2.47. The first-order chi connectivity index (χ1) is 9.50. The minimum Gasteiger partial charge on any atom is -0.480 e. The Labute approximate surface area is 126 Å². The zero-order valence-corrected chi connectivity index (χ0v) is 12.8. The number of carbonyl (C=O) groups is 2. The Kier molecular flexibility index (Phi) is 4.65. The Hall–Kier alpha value is -1.56. The van der Waals surface area contributed by atoms with Gasteiger partial charge in [-0.15, -0.1) is 0 Å². The monoisotopic (exact) mass is 340 g/mol. The molecule has 0 radical (unpaired) electrons. The van der Waals surface area contributed by atoms with Gasteiger partial charge in [0.2, 0.25) is 0 Å². The summed E-state index contributed by atoms with van der Waals surface area (Å²) < 4.78 is 0.921. The van der Waals surface area contributed by atoms with E-state index >= 15 is 0 Å². The number of amides is 2. The third-order valence-corrected chi connectivity index (χ3v) is 4.38. The van der Waals surface area contributed by atoms with E-state index in [9.17, 15) is 14.7 Å². The molecule has 1 aliphatic rings. The van der Waals surface area contributed by atoms with Gasteiger partial charge in [0, 0.05) is 17.6 Å². The Bertz CT molecular complexity index is 521. The topological polar surface area (TPSA) is 69.6 Å². The van der Waals surface area contributed by atoms with E-state index in [1.54, 1.807) is 0 Å². The smallest absolute Gasteiger partial charge is 0.326 e. The van der Waals surface area contributed by atoms with Crippen LogP contribution in [0.4, 0.5) is 4.79 Å². The zero-order chi connectivity index (χ0) is 14.7. The molecule has 0 aliphatic carbocycles. The quantitative estimate of drug-likeness (QED) is 0.887. The van der Waals surface area contributed by atoms with Gasteiger partial charge < -0.3 is 15.3 Å². The summed E-state index contributed by atoms with van der Waals surface area (Å²) >= 11 is 3.42. The number of hydrogen-bond acceptors (Lipinski definition) is 2. The van der Waals surface area contributed by atoms with Crippen molar-refractivity contribution in [2.45, 2.75) is 25.9 Å². The maximum atomic E-state index is 12.1. The number of urea groups is 1. The molecule has 0 spiro atoms. The molecule has 1 aliphatic heterocycles. The number of rotatable bonds is 3. The summed E-state index contributed by atoms with van der Waals surface area (Å²) in [6, 6.07) is 6.56. The second kappa shape index (κ2) is 6.26. The predicted octanol–water partition coefficient (Wildman–Crippen LogP) is 2.45. The molecule has 5 nitrogen and oxygen atoms in total. The fraction of sp³-hybridized carbons (Fsp3) is 0.429. The number of nitrogens with one attached hydrogen (secondary N) is 1. The normalized spacial score (nSPS) is 21.8. The number of halogens is 1. The molecule has 1 aromatic carbocycles. The van der Waals surface area contributed by atoms with Crippen molar-refractivity contribution >= 4 is 27.9 Å². The Morgan fingerprint density at radius 3 is 2.80 bits per heavy atom. The largest absolute Gasteiger partial charge is 0.480 e. The molecule has 1 saturated heterocycles. The highest BCUT2D eigenvalue weighted by atomic mass is 79.9. The fourth-order valence-corrected chi connectivity index (χ4v) is 2.89. The molecule has 2 N–H and O–H groups in total. The average Bonchev–Trinajstić information content (AvgIpc) is 2.79. The van der Waals surface area contributed by atoms with E-state index in [2.05, 4.69) is 21.2 Å². The second-order valence-electron chi connectivity index (χ2n) is 4.99. The first-order valence-electron chi connectivity index (χ1n) is 6.51. The molecule has 2 amide bonds. The van der Waals surface area contributed by atoms with Gasteiger partial charge in [0.1, 0.15) is 6.04 Å². The number of benzene rings is 1. The van der Waals surface area contributed by atoms with Crippen LogP contribution in [0.2, 0.25) is 0 Å². The highest BCUT2D eigenvalue weighted by Crippen LogP contribution is 2.24. The van der Waals surface area contributed by atoms with Crippen LogP contribution in [0.1, 0.15) is 18.9 Å². The van der Waals surface area contributed by atoms with E-state index in [-0.39, 0.29) is 11.9 Å². The van der Waals surface area contributed by atoms with Crippen molar-refractivity contribution in [2.75, 3.05) is 6.54 Å². The number of carbonyl (C=O) groups excluding carboxylic acids is 1. The number of carboxylic acid groups (broad SMARTS) is 1. The first kappa shape index (κ1) is 14.8. The van der Waals surface area contributed by atoms with E-state index in [0.717, 1.165) is 16.5 Å². The molecule has 0 saturated carbocycles. The van der Waals surface area contributed by atoms with Crippen LogP contribution < -0.4 is 5.32 Å². The molecule has 1 heterocycles. The van der Waals surface area contributed by atoms with Gasteiger partial charge in [-0.25, -0.2) is 9.59 Å². The molecule has 20 heavy (non-hydrogen) atoms. The highest BCUT2D eigenvalue weighted by Gasteiger charge is 2.39. The molecule has 2 unspecified atom stereocenters. The van der Waals surface area contributed by atoms with Crippen molar-refractivity contribution < 1.29 is 14.7 Å². The number of hydrogen-bond donors (Lipinski definition) is 2. The van der Waals surface area contributed by atoms with E-state index in [1.165, 1.54) is 4.90 Å². The molecule has 0 aromatic heterocycles. The standard InChI is InChI=1S/C14H17BrN2O3/c1-9-6-7-17(12(9)13(18)19)14(20)16-8-10-4-2-3-5-11(10)15/h2-5,9,12H,6-8H2,1H3,(H,16,20)(H,18,19). The van der Waals surface area contributed by atoms with Crippen LogP contribution in [0.25, 0.3) is 0 Å². The minimum absolute atomic E-state index is 0.0123. The lowest BCUT2D eigenvalue weighted by atomic mass is 10.0. The molecular weight excluding hydrogens is 324 g/mol. The second-order valence-corrected chi connectivity index (χ2v) is 5.85. The molecule has 0 bridgehead atoms. The van der Waals surface area contributed by atoms with Crippen LogP contribution in [-0.4, -0.2) is 34.6 Å². The van der Waals surface area contributed by atoms with Crippen LogP contribution in [0.15, 0.2) is 28.7 Å². The van der Waals surface area contributed by atoms with Gasteiger partial charge in [0.25, 0.3) is 0 Å².